The van der Waals surface area contributed by atoms with Crippen LogP contribution in [0.5, 0.6) is 5.75 Å². The van der Waals surface area contributed by atoms with Crippen LogP contribution in [0.25, 0.3) is 21.9 Å². The summed E-state index contributed by atoms with van der Waals surface area (Å²) in [7, 11) is 5.43. The summed E-state index contributed by atoms with van der Waals surface area (Å²) in [4.78, 5) is 59.2. The fraction of sp³-hybridized carbons (Fsp3) is 0.476. The first kappa shape index (κ1) is 40.2. The average molecular weight is 816 g/mol. The average Bonchev–Trinajstić information content (AvgIpc) is 3.75. The number of anilines is 1. The first-order valence-corrected chi connectivity index (χ1v) is 20.1. The molecule has 2 aliphatic heterocycles. The fourth-order valence-corrected chi connectivity index (χ4v) is 9.22. The molecule has 8 rings (SSSR count). The number of aromatic nitrogens is 5. The molecule has 5 heterocycles. The van der Waals surface area contributed by atoms with Crippen molar-refractivity contribution < 1.29 is 32.3 Å². The van der Waals surface area contributed by atoms with Gasteiger partial charge in [-0.3, -0.25) is 38.4 Å². The number of pyridine rings is 1. The van der Waals surface area contributed by atoms with Gasteiger partial charge in [-0.1, -0.05) is 18.2 Å². The van der Waals surface area contributed by atoms with Gasteiger partial charge in [0.05, 0.1) is 35.4 Å². The van der Waals surface area contributed by atoms with Crippen molar-refractivity contribution >= 4 is 45.3 Å². The number of aryl methyl sites for hydroxylation is 1. The number of ether oxygens (including phenoxy) is 1. The summed E-state index contributed by atoms with van der Waals surface area (Å²) in [5.74, 6) is -0.617. The van der Waals surface area contributed by atoms with E-state index < -0.39 is 29.7 Å². The number of imide groups is 1. The van der Waals surface area contributed by atoms with Gasteiger partial charge in [-0.05, 0) is 101 Å². The molecule has 0 radical (unpaired) electrons. The van der Waals surface area contributed by atoms with E-state index in [9.17, 15) is 32.3 Å². The molecule has 0 bridgehead atoms. The zero-order valence-corrected chi connectivity index (χ0v) is 33.3. The second-order valence-electron chi connectivity index (χ2n) is 16.2. The number of fused-ring (bicyclic) bond motifs is 2. The highest BCUT2D eigenvalue weighted by atomic mass is 19.4. The van der Waals surface area contributed by atoms with Gasteiger partial charge in [0.2, 0.25) is 11.8 Å². The Morgan fingerprint density at radius 2 is 1.75 bits per heavy atom. The van der Waals surface area contributed by atoms with Crippen molar-refractivity contribution in [2.45, 2.75) is 82.2 Å². The number of para-hydroxylation sites is 1. The van der Waals surface area contributed by atoms with Crippen LogP contribution in [-0.2, 0) is 29.4 Å². The number of likely N-dealkylation sites (tertiary alicyclic amines) is 1. The van der Waals surface area contributed by atoms with E-state index in [4.69, 9.17) is 9.84 Å². The number of alkyl halides is 3. The predicted molar refractivity (Wildman–Crippen MR) is 214 cm³/mol. The number of nitrogens with zero attached hydrogens (tertiary/aromatic N) is 7. The Balaban J connectivity index is 0.842. The molecular weight excluding hydrogens is 768 g/mol. The van der Waals surface area contributed by atoms with Crippen molar-refractivity contribution in [3.8, 4) is 5.75 Å². The molecule has 1 aliphatic carbocycles. The normalized spacial score (nSPS) is 21.0. The summed E-state index contributed by atoms with van der Waals surface area (Å²) in [5, 5.41) is 10.7. The number of carbonyl (C=O) groups excluding carboxylic acids is 3. The number of carbonyl (C=O) groups is 3. The molecule has 59 heavy (non-hydrogen) atoms. The molecular formula is C42H48F3N9O5. The molecule has 1 unspecified atom stereocenters. The lowest BCUT2D eigenvalue weighted by Crippen LogP contribution is -2.44. The number of amides is 3. The molecule has 2 saturated heterocycles. The first-order valence-electron chi connectivity index (χ1n) is 20.1. The van der Waals surface area contributed by atoms with Gasteiger partial charge in [0.1, 0.15) is 23.2 Å². The van der Waals surface area contributed by atoms with E-state index in [1.165, 1.54) is 13.2 Å². The zero-order valence-electron chi connectivity index (χ0n) is 33.3. The fourth-order valence-electron chi connectivity index (χ4n) is 9.22. The van der Waals surface area contributed by atoms with Gasteiger partial charge in [-0.15, -0.1) is 0 Å². The molecule has 3 aromatic heterocycles. The van der Waals surface area contributed by atoms with Crippen LogP contribution in [-0.4, -0.2) is 91.3 Å². The van der Waals surface area contributed by atoms with Crippen molar-refractivity contribution in [2.75, 3.05) is 39.1 Å². The number of piperidine rings is 2. The van der Waals surface area contributed by atoms with Crippen molar-refractivity contribution in [1.29, 1.82) is 0 Å². The van der Waals surface area contributed by atoms with E-state index in [1.54, 1.807) is 28.3 Å². The molecule has 17 heteroatoms. The van der Waals surface area contributed by atoms with E-state index in [0.717, 1.165) is 86.8 Å². The highest BCUT2D eigenvalue weighted by Crippen LogP contribution is 2.36. The summed E-state index contributed by atoms with van der Waals surface area (Å²) < 4.78 is 50.2. The van der Waals surface area contributed by atoms with E-state index in [-0.39, 0.29) is 29.8 Å². The maximum absolute atomic E-state index is 13.4. The maximum Gasteiger partial charge on any atom is 0.433 e. The van der Waals surface area contributed by atoms with Crippen LogP contribution >= 0.6 is 0 Å². The van der Waals surface area contributed by atoms with Gasteiger partial charge in [0.15, 0.2) is 0 Å². The van der Waals surface area contributed by atoms with Crippen LogP contribution in [0.4, 0.5) is 18.9 Å². The van der Waals surface area contributed by atoms with E-state index in [0.29, 0.717) is 47.4 Å². The van der Waals surface area contributed by atoms with E-state index in [1.807, 2.05) is 23.0 Å². The van der Waals surface area contributed by atoms with Crippen molar-refractivity contribution in [1.82, 2.24) is 39.0 Å². The standard InChI is InChI=1S/C42H48F3N9O5/c1-50(28-16-18-52(19-17-28)23-26-6-4-8-33-38(26)51(2)41(58)54(33)34-14-15-37(55)48-40(34)57)22-25-10-12-29(13-11-25)53-24-27-20-32(35(59-3)21-31(27)49-53)47-39(56)30-7-5-9-36(46-30)42(43,44)45/h4-9,20-21,24-25,28-29,34H,10-19,22-23H2,1-3H3,(H,47,56)(H,48,55,57)/t25-,29-,34?. The third kappa shape index (κ3) is 8.22. The molecule has 2 N–H and O–H groups in total. The number of hydrogen-bond donors (Lipinski definition) is 2. The smallest absolute Gasteiger partial charge is 0.433 e. The molecule has 312 valence electrons. The minimum absolute atomic E-state index is 0.203. The molecule has 14 nitrogen and oxygen atoms in total. The number of halogens is 3. The molecule has 5 aromatic rings. The predicted octanol–water partition coefficient (Wildman–Crippen LogP) is 5.67. The number of nitrogens with one attached hydrogen (secondary N) is 2. The number of rotatable bonds is 10. The van der Waals surface area contributed by atoms with Gasteiger partial charge in [-0.2, -0.15) is 18.3 Å². The largest absolute Gasteiger partial charge is 0.494 e. The summed E-state index contributed by atoms with van der Waals surface area (Å²) in [6.07, 6.45) is 3.97. The van der Waals surface area contributed by atoms with Crippen LogP contribution in [0.15, 0.2) is 59.5 Å². The second kappa shape index (κ2) is 16.2. The summed E-state index contributed by atoms with van der Waals surface area (Å²) in [6, 6.07) is 12.5. The monoisotopic (exact) mass is 815 g/mol. The van der Waals surface area contributed by atoms with Crippen molar-refractivity contribution in [3.05, 3.63) is 82.2 Å². The van der Waals surface area contributed by atoms with Crippen LogP contribution in [0.3, 0.4) is 0 Å². The molecule has 3 fully saturated rings. The highest BCUT2D eigenvalue weighted by Gasteiger charge is 2.34. The third-order valence-electron chi connectivity index (χ3n) is 12.4. The van der Waals surface area contributed by atoms with Crippen LogP contribution in [0.1, 0.15) is 85.2 Å². The van der Waals surface area contributed by atoms with Gasteiger partial charge in [0, 0.05) is 50.2 Å². The quantitative estimate of drug-likeness (QED) is 0.170. The minimum atomic E-state index is -4.67. The van der Waals surface area contributed by atoms with Gasteiger partial charge < -0.3 is 15.0 Å². The SMILES string of the molecule is COc1cc2nn([C@H]3CC[C@H](CN(C)C4CCN(Cc5cccc6c5n(C)c(=O)n6C5CCC(=O)NC5=O)CC4)CC3)cc2cc1NC(=O)c1cccc(C(F)(F)F)n1. The third-order valence-corrected chi connectivity index (χ3v) is 12.4. The number of methoxy groups -OCH3 is 1. The number of benzene rings is 2. The molecule has 3 aliphatic rings. The zero-order chi connectivity index (χ0) is 41.6. The summed E-state index contributed by atoms with van der Waals surface area (Å²) in [5.41, 5.74) is 1.82. The molecule has 0 spiro atoms. The molecule has 2 aromatic carbocycles. The van der Waals surface area contributed by atoms with Gasteiger partial charge >= 0.3 is 11.9 Å². The van der Waals surface area contributed by atoms with Gasteiger partial charge in [-0.25, -0.2) is 9.78 Å². The van der Waals surface area contributed by atoms with Crippen LogP contribution in [0, 0.1) is 5.92 Å². The minimum Gasteiger partial charge on any atom is -0.494 e. The Kier molecular flexibility index (Phi) is 11.1. The van der Waals surface area contributed by atoms with Gasteiger partial charge in [0.25, 0.3) is 5.91 Å². The molecule has 1 atom stereocenters. The Morgan fingerprint density at radius 3 is 2.46 bits per heavy atom. The molecule has 1 saturated carbocycles. The van der Waals surface area contributed by atoms with Crippen molar-refractivity contribution in [2.24, 2.45) is 13.0 Å². The van der Waals surface area contributed by atoms with Crippen LogP contribution < -0.4 is 21.1 Å². The van der Waals surface area contributed by atoms with E-state index in [2.05, 4.69) is 38.5 Å². The Morgan fingerprint density at radius 1 is 1.00 bits per heavy atom. The topological polar surface area (TPSA) is 149 Å². The lowest BCUT2D eigenvalue weighted by Gasteiger charge is -2.39. The van der Waals surface area contributed by atoms with Crippen molar-refractivity contribution in [3.63, 3.8) is 0 Å². The second-order valence-corrected chi connectivity index (χ2v) is 16.2. The number of imidazole rings is 1. The van der Waals surface area contributed by atoms with Crippen LogP contribution in [0.2, 0.25) is 0 Å². The summed E-state index contributed by atoms with van der Waals surface area (Å²) >= 11 is 0. The first-order chi connectivity index (χ1) is 28.3. The Labute approximate surface area is 338 Å². The lowest BCUT2D eigenvalue weighted by atomic mass is 9.85. The Bertz CT molecular complexity index is 2460. The lowest BCUT2D eigenvalue weighted by molar-refractivity contribution is -0.141. The highest BCUT2D eigenvalue weighted by molar-refractivity contribution is 6.05. The number of hydrogen-bond acceptors (Lipinski definition) is 9. The molecule has 3 amide bonds. The Hall–Kier alpha value is -5.55. The van der Waals surface area contributed by atoms with E-state index >= 15 is 0 Å². The summed E-state index contributed by atoms with van der Waals surface area (Å²) in [6.45, 7) is 3.60. The maximum atomic E-state index is 13.4.